The van der Waals surface area contributed by atoms with Gasteiger partial charge in [0, 0.05) is 36.5 Å². The molecule has 178 valence electrons. The van der Waals surface area contributed by atoms with Crippen LogP contribution in [0.4, 0.5) is 0 Å². The van der Waals surface area contributed by atoms with Crippen molar-refractivity contribution in [2.24, 2.45) is 22.2 Å². The van der Waals surface area contributed by atoms with Gasteiger partial charge in [-0.1, -0.05) is 31.5 Å². The highest BCUT2D eigenvalue weighted by Gasteiger charge is 2.94. The lowest BCUT2D eigenvalue weighted by Gasteiger charge is -2.70. The maximum atomic E-state index is 13.7. The quantitative estimate of drug-likeness (QED) is 0.660. The molecule has 2 N–H and O–H groups in total. The minimum Gasteiger partial charge on any atom is -0.462 e. The topological polar surface area (TPSA) is 119 Å². The number of rotatable bonds is 3. The lowest BCUT2D eigenvalue weighted by molar-refractivity contribution is -0.366. The standard InChI is InChI=1S/C25H30O8/c1-13-6-8-16(9-7-13)19(28)33-25-20(29)23-11-18(27)22(25,5)21(4,12-31-25)24(23,30)10-17(14(23)2)32-15(3)26/h6-9,14,17,20,29-30H,10-12H2,1-5H3/t14-,17-,20+,21-,22?,23?,24-,25-/m0/s1. The van der Waals surface area contributed by atoms with Crippen LogP contribution in [0.1, 0.15) is 56.5 Å². The van der Waals surface area contributed by atoms with Crippen LogP contribution in [0.3, 0.4) is 0 Å². The molecule has 0 radical (unpaired) electrons. The first-order chi connectivity index (χ1) is 15.3. The largest absolute Gasteiger partial charge is 0.462 e. The van der Waals surface area contributed by atoms with Crippen molar-refractivity contribution >= 4 is 17.7 Å². The van der Waals surface area contributed by atoms with Crippen LogP contribution in [0, 0.1) is 29.1 Å². The number of carbonyl (C=O) groups is 3. The molecular formula is C25H30O8. The van der Waals surface area contributed by atoms with Gasteiger partial charge in [0.1, 0.15) is 23.4 Å². The Morgan fingerprint density at radius 2 is 1.82 bits per heavy atom. The van der Waals surface area contributed by atoms with Gasteiger partial charge in [0.25, 0.3) is 5.79 Å². The molecule has 1 aromatic carbocycles. The number of ether oxygens (including phenoxy) is 3. The lowest BCUT2D eigenvalue weighted by Crippen LogP contribution is -2.84. The summed E-state index contributed by atoms with van der Waals surface area (Å²) in [5.41, 5.74) is -4.42. The van der Waals surface area contributed by atoms with Gasteiger partial charge in [-0.2, -0.15) is 0 Å². The van der Waals surface area contributed by atoms with Crippen LogP contribution in [-0.4, -0.2) is 58.1 Å². The van der Waals surface area contributed by atoms with E-state index < -0.39 is 57.7 Å². The summed E-state index contributed by atoms with van der Waals surface area (Å²) in [6.45, 7) is 8.20. The molecule has 1 spiro atoms. The Morgan fingerprint density at radius 1 is 1.18 bits per heavy atom. The summed E-state index contributed by atoms with van der Waals surface area (Å²) in [5.74, 6) is -4.01. The number of carbonyl (C=O) groups excluding carboxylic acids is 3. The van der Waals surface area contributed by atoms with E-state index in [0.29, 0.717) is 0 Å². The van der Waals surface area contributed by atoms with E-state index in [1.165, 1.54) is 6.92 Å². The third kappa shape index (κ3) is 2.21. The van der Waals surface area contributed by atoms with Crippen LogP contribution < -0.4 is 0 Å². The Bertz CT molecular complexity index is 1070. The summed E-state index contributed by atoms with van der Waals surface area (Å²) in [6.07, 6.45) is -2.25. The van der Waals surface area contributed by atoms with Crippen molar-refractivity contribution < 1.29 is 38.8 Å². The molecule has 4 saturated carbocycles. The van der Waals surface area contributed by atoms with E-state index in [1.807, 2.05) is 6.92 Å². The van der Waals surface area contributed by atoms with E-state index in [9.17, 15) is 24.6 Å². The molecule has 1 saturated heterocycles. The van der Waals surface area contributed by atoms with Crippen molar-refractivity contribution in [2.75, 3.05) is 6.61 Å². The van der Waals surface area contributed by atoms with Crippen molar-refractivity contribution in [3.63, 3.8) is 0 Å². The first-order valence-electron chi connectivity index (χ1n) is 11.4. The molecule has 5 fully saturated rings. The van der Waals surface area contributed by atoms with Gasteiger partial charge in [0.05, 0.1) is 17.8 Å². The number of Topliss-reactive ketones (excluding diaryl/α,β-unsaturated/α-hetero) is 1. The van der Waals surface area contributed by atoms with Crippen molar-refractivity contribution in [3.05, 3.63) is 35.4 Å². The summed E-state index contributed by atoms with van der Waals surface area (Å²) in [5, 5.41) is 24.1. The molecule has 1 heterocycles. The molecular weight excluding hydrogens is 428 g/mol. The Morgan fingerprint density at radius 3 is 2.42 bits per heavy atom. The summed E-state index contributed by atoms with van der Waals surface area (Å²) in [4.78, 5) is 38.7. The van der Waals surface area contributed by atoms with Crippen LogP contribution >= 0.6 is 0 Å². The first kappa shape index (κ1) is 22.5. The number of hydrogen-bond acceptors (Lipinski definition) is 8. The van der Waals surface area contributed by atoms with E-state index in [0.717, 1.165) is 5.56 Å². The maximum absolute atomic E-state index is 13.7. The number of aliphatic hydroxyl groups excluding tert-OH is 1. The third-order valence-corrected chi connectivity index (χ3v) is 9.63. The molecule has 4 bridgehead atoms. The van der Waals surface area contributed by atoms with Gasteiger partial charge < -0.3 is 24.4 Å². The van der Waals surface area contributed by atoms with E-state index in [1.54, 1.807) is 45.0 Å². The molecule has 1 aliphatic heterocycles. The second-order valence-electron chi connectivity index (χ2n) is 10.7. The second kappa shape index (κ2) is 6.43. The molecule has 33 heavy (non-hydrogen) atoms. The van der Waals surface area contributed by atoms with Crippen molar-refractivity contribution in [3.8, 4) is 0 Å². The van der Waals surface area contributed by atoms with Gasteiger partial charge in [-0.05, 0) is 26.0 Å². The van der Waals surface area contributed by atoms with Crippen molar-refractivity contribution in [2.45, 2.75) is 71.1 Å². The predicted molar refractivity (Wildman–Crippen MR) is 114 cm³/mol. The monoisotopic (exact) mass is 458 g/mol. The summed E-state index contributed by atoms with van der Waals surface area (Å²) < 4.78 is 17.5. The zero-order valence-electron chi connectivity index (χ0n) is 19.5. The van der Waals surface area contributed by atoms with Gasteiger partial charge >= 0.3 is 11.9 Å². The molecule has 1 aromatic rings. The number of fused-ring (bicyclic) bond motifs is 1. The molecule has 8 atom stereocenters. The van der Waals surface area contributed by atoms with Gasteiger partial charge in [-0.15, -0.1) is 0 Å². The fourth-order valence-electron chi connectivity index (χ4n) is 7.51. The van der Waals surface area contributed by atoms with E-state index in [-0.39, 0.29) is 30.8 Å². The van der Waals surface area contributed by atoms with Crippen LogP contribution in [0.2, 0.25) is 0 Å². The number of aliphatic hydroxyl groups is 2. The highest BCUT2D eigenvalue weighted by atomic mass is 16.7. The molecule has 8 heteroatoms. The molecule has 0 amide bonds. The lowest BCUT2D eigenvalue weighted by atomic mass is 9.35. The number of esters is 2. The molecule has 8 nitrogen and oxygen atoms in total. The van der Waals surface area contributed by atoms with Crippen LogP contribution in [0.25, 0.3) is 0 Å². The highest BCUT2D eigenvalue weighted by molar-refractivity contribution is 5.94. The smallest absolute Gasteiger partial charge is 0.340 e. The number of ketones is 1. The van der Waals surface area contributed by atoms with Gasteiger partial charge in [0.15, 0.2) is 0 Å². The highest BCUT2D eigenvalue weighted by Crippen LogP contribution is 2.80. The zero-order valence-corrected chi connectivity index (χ0v) is 19.5. The van der Waals surface area contributed by atoms with Crippen molar-refractivity contribution in [1.82, 2.24) is 0 Å². The van der Waals surface area contributed by atoms with Crippen LogP contribution in [0.15, 0.2) is 24.3 Å². The molecule has 0 aromatic heterocycles. The van der Waals surface area contributed by atoms with Gasteiger partial charge in [-0.3, -0.25) is 9.59 Å². The molecule has 5 aliphatic rings. The molecule has 2 unspecified atom stereocenters. The minimum atomic E-state index is -1.97. The van der Waals surface area contributed by atoms with E-state index in [2.05, 4.69) is 0 Å². The molecule has 4 aliphatic carbocycles. The van der Waals surface area contributed by atoms with E-state index >= 15 is 0 Å². The Labute approximate surface area is 192 Å². The second-order valence-corrected chi connectivity index (χ2v) is 10.7. The third-order valence-electron chi connectivity index (χ3n) is 9.63. The summed E-state index contributed by atoms with van der Waals surface area (Å²) in [6, 6.07) is 6.77. The van der Waals surface area contributed by atoms with Crippen LogP contribution in [-0.2, 0) is 23.8 Å². The Kier molecular flexibility index (Phi) is 4.38. The normalized spacial score (nSPS) is 47.4. The van der Waals surface area contributed by atoms with Gasteiger partial charge in [-0.25, -0.2) is 4.79 Å². The fraction of sp³-hybridized carbons (Fsp3) is 0.640. The van der Waals surface area contributed by atoms with Crippen molar-refractivity contribution in [1.29, 1.82) is 0 Å². The van der Waals surface area contributed by atoms with Crippen LogP contribution in [0.5, 0.6) is 0 Å². The number of aryl methyl sites for hydroxylation is 1. The molecule has 6 rings (SSSR count). The Balaban J connectivity index is 1.66. The summed E-state index contributed by atoms with van der Waals surface area (Å²) >= 11 is 0. The number of hydrogen-bond donors (Lipinski definition) is 2. The van der Waals surface area contributed by atoms with E-state index in [4.69, 9.17) is 14.2 Å². The average molecular weight is 459 g/mol. The minimum absolute atomic E-state index is 0.0650. The maximum Gasteiger partial charge on any atom is 0.340 e. The fourth-order valence-corrected chi connectivity index (χ4v) is 7.51. The SMILES string of the molecule is CC(=O)O[C@H]1C[C@@]2(O)C3(CC(=O)C4(C)[C@](OC(=O)c5ccc(C)cc5)(OC[C@@]42C)[C@@H]3O)[C@H]1C. The first-order valence-corrected chi connectivity index (χ1v) is 11.4. The summed E-state index contributed by atoms with van der Waals surface area (Å²) in [7, 11) is 0. The average Bonchev–Trinajstić information content (AvgIpc) is 3.10. The number of benzene rings is 1. The van der Waals surface area contributed by atoms with Gasteiger partial charge in [0.2, 0.25) is 0 Å². The zero-order chi connectivity index (χ0) is 24.2. The predicted octanol–water partition coefficient (Wildman–Crippen LogP) is 1.93. The Hall–Kier alpha value is -2.29.